The van der Waals surface area contributed by atoms with Gasteiger partial charge in [-0.2, -0.15) is 5.26 Å². The Kier molecular flexibility index (Phi) is 3.61. The average molecular weight is 246 g/mol. The Bertz CT molecular complexity index is 507. The van der Waals surface area contributed by atoms with Gasteiger partial charge in [0.15, 0.2) is 0 Å². The molecule has 0 bridgehead atoms. The van der Waals surface area contributed by atoms with Gasteiger partial charge >= 0.3 is 0 Å². The van der Waals surface area contributed by atoms with Crippen molar-refractivity contribution in [1.29, 1.82) is 5.26 Å². The quantitative estimate of drug-likeness (QED) is 0.812. The Labute approximate surface area is 106 Å². The monoisotopic (exact) mass is 246 g/mol. The molecule has 0 spiro atoms. The fourth-order valence-corrected chi connectivity index (χ4v) is 2.11. The minimum absolute atomic E-state index is 0.0558. The van der Waals surface area contributed by atoms with Crippen LogP contribution in [0.15, 0.2) is 12.1 Å². The Morgan fingerprint density at radius 2 is 2.39 bits per heavy atom. The van der Waals surface area contributed by atoms with Crippen molar-refractivity contribution in [2.45, 2.75) is 19.8 Å². The molecule has 2 rings (SSSR count). The molecule has 1 aromatic rings. The Morgan fingerprint density at radius 1 is 1.61 bits per heavy atom. The zero-order valence-electron chi connectivity index (χ0n) is 10.2. The maximum absolute atomic E-state index is 13.3. The van der Waals surface area contributed by atoms with E-state index in [-0.39, 0.29) is 11.5 Å². The van der Waals surface area contributed by atoms with Gasteiger partial charge in [0.25, 0.3) is 0 Å². The van der Waals surface area contributed by atoms with E-state index in [1.54, 1.807) is 6.92 Å². The van der Waals surface area contributed by atoms with Crippen molar-refractivity contribution in [3.05, 3.63) is 29.1 Å². The van der Waals surface area contributed by atoms with Crippen LogP contribution in [0.25, 0.3) is 0 Å². The highest BCUT2D eigenvalue weighted by atomic mass is 19.1. The molecular formula is C14H15FN2O. The number of nitrogens with zero attached hydrogens (tertiary/aromatic N) is 1. The highest BCUT2D eigenvalue weighted by Crippen LogP contribution is 2.39. The van der Waals surface area contributed by atoms with Gasteiger partial charge in [-0.1, -0.05) is 0 Å². The molecule has 0 aromatic heterocycles. The van der Waals surface area contributed by atoms with Gasteiger partial charge in [0.1, 0.15) is 18.2 Å². The van der Waals surface area contributed by atoms with Crippen molar-refractivity contribution in [2.75, 3.05) is 11.9 Å². The lowest BCUT2D eigenvalue weighted by Gasteiger charge is -2.10. The summed E-state index contributed by atoms with van der Waals surface area (Å²) in [6, 6.07) is 4.73. The molecule has 94 valence electrons. The molecule has 1 fully saturated rings. The van der Waals surface area contributed by atoms with E-state index in [4.69, 9.17) is 5.26 Å². The molecule has 1 saturated carbocycles. The third kappa shape index (κ3) is 2.67. The van der Waals surface area contributed by atoms with Crippen molar-refractivity contribution in [3.8, 4) is 6.07 Å². The number of anilines is 1. The van der Waals surface area contributed by atoms with Gasteiger partial charge < -0.3 is 10.1 Å². The van der Waals surface area contributed by atoms with Gasteiger partial charge in [-0.25, -0.2) is 4.39 Å². The second kappa shape index (κ2) is 5.18. The smallest absolute Gasteiger partial charge is 0.141 e. The number of carbonyl (C=O) groups is 1. The summed E-state index contributed by atoms with van der Waals surface area (Å²) in [7, 11) is 0. The summed E-state index contributed by atoms with van der Waals surface area (Å²) in [5, 5.41) is 12.0. The number of hydrogen-bond donors (Lipinski definition) is 1. The number of rotatable bonds is 5. The zero-order valence-corrected chi connectivity index (χ0v) is 10.2. The maximum Gasteiger partial charge on any atom is 0.141 e. The van der Waals surface area contributed by atoms with Crippen LogP contribution in [0, 0.1) is 35.9 Å². The SMILES string of the molecule is Cc1cc(F)c(C#N)cc1NCCC1CC1C=O. The highest BCUT2D eigenvalue weighted by molar-refractivity contribution is 5.58. The number of nitriles is 1. The van der Waals surface area contributed by atoms with Gasteiger partial charge in [-0.3, -0.25) is 0 Å². The molecule has 0 aliphatic heterocycles. The van der Waals surface area contributed by atoms with Gasteiger partial charge in [0, 0.05) is 18.2 Å². The first-order valence-electron chi connectivity index (χ1n) is 6.05. The molecule has 0 saturated heterocycles. The normalized spacial score (nSPS) is 21.2. The molecule has 0 amide bonds. The summed E-state index contributed by atoms with van der Waals surface area (Å²) < 4.78 is 13.3. The van der Waals surface area contributed by atoms with E-state index in [0.29, 0.717) is 5.92 Å². The lowest BCUT2D eigenvalue weighted by Crippen LogP contribution is -2.05. The number of carbonyl (C=O) groups excluding carboxylic acids is 1. The average Bonchev–Trinajstić information content (AvgIpc) is 3.10. The second-order valence-electron chi connectivity index (χ2n) is 4.77. The van der Waals surface area contributed by atoms with Crippen LogP contribution >= 0.6 is 0 Å². The summed E-state index contributed by atoms with van der Waals surface area (Å²) in [6.45, 7) is 2.55. The predicted molar refractivity (Wildman–Crippen MR) is 66.6 cm³/mol. The molecule has 1 aliphatic rings. The zero-order chi connectivity index (χ0) is 13.1. The lowest BCUT2D eigenvalue weighted by atomic mass is 10.1. The number of aldehydes is 1. The third-order valence-corrected chi connectivity index (χ3v) is 3.42. The standard InChI is InChI=1S/C14H15FN2O/c1-9-4-13(15)11(7-16)6-14(9)17-3-2-10-5-12(10)8-18/h4,6,8,10,12,17H,2-3,5H2,1H3. The van der Waals surface area contributed by atoms with Crippen LogP contribution in [0.2, 0.25) is 0 Å². The van der Waals surface area contributed by atoms with Crippen LogP contribution in [0.4, 0.5) is 10.1 Å². The van der Waals surface area contributed by atoms with Crippen molar-refractivity contribution >= 4 is 12.0 Å². The summed E-state index contributed by atoms with van der Waals surface area (Å²) in [6.07, 6.45) is 2.93. The van der Waals surface area contributed by atoms with Crippen LogP contribution < -0.4 is 5.32 Å². The van der Waals surface area contributed by atoms with Crippen LogP contribution in [0.3, 0.4) is 0 Å². The first-order valence-corrected chi connectivity index (χ1v) is 6.05. The molecule has 2 unspecified atom stereocenters. The minimum atomic E-state index is -0.483. The maximum atomic E-state index is 13.3. The van der Waals surface area contributed by atoms with Gasteiger partial charge in [0.05, 0.1) is 5.56 Å². The molecule has 1 N–H and O–H groups in total. The van der Waals surface area contributed by atoms with Crippen molar-refractivity contribution in [3.63, 3.8) is 0 Å². The van der Waals surface area contributed by atoms with Gasteiger partial charge in [-0.05, 0) is 43.4 Å². The van der Waals surface area contributed by atoms with Gasteiger partial charge in [-0.15, -0.1) is 0 Å². The first kappa shape index (κ1) is 12.6. The second-order valence-corrected chi connectivity index (χ2v) is 4.77. The molecular weight excluding hydrogens is 231 g/mol. The molecule has 3 nitrogen and oxygen atoms in total. The molecule has 1 aliphatic carbocycles. The van der Waals surface area contributed by atoms with Crippen molar-refractivity contribution < 1.29 is 9.18 Å². The van der Waals surface area contributed by atoms with E-state index < -0.39 is 5.82 Å². The summed E-state index contributed by atoms with van der Waals surface area (Å²) in [5.74, 6) is 0.241. The number of nitrogens with one attached hydrogen (secondary N) is 1. The molecule has 18 heavy (non-hydrogen) atoms. The van der Waals surface area contributed by atoms with Crippen LogP contribution in [-0.2, 0) is 4.79 Å². The molecule has 0 radical (unpaired) electrons. The Hall–Kier alpha value is -1.89. The summed E-state index contributed by atoms with van der Waals surface area (Å²) in [4.78, 5) is 10.5. The van der Waals surface area contributed by atoms with E-state index in [0.717, 1.165) is 36.9 Å². The molecule has 1 aromatic carbocycles. The summed E-state index contributed by atoms with van der Waals surface area (Å²) >= 11 is 0. The number of aryl methyl sites for hydroxylation is 1. The predicted octanol–water partition coefficient (Wildman–Crippen LogP) is 2.64. The largest absolute Gasteiger partial charge is 0.385 e. The number of benzene rings is 1. The lowest BCUT2D eigenvalue weighted by molar-refractivity contribution is -0.109. The number of hydrogen-bond acceptors (Lipinski definition) is 3. The molecule has 2 atom stereocenters. The van der Waals surface area contributed by atoms with E-state index in [1.165, 1.54) is 12.1 Å². The first-order chi connectivity index (χ1) is 8.65. The van der Waals surface area contributed by atoms with E-state index >= 15 is 0 Å². The number of halogens is 1. The highest BCUT2D eigenvalue weighted by Gasteiger charge is 2.35. The third-order valence-electron chi connectivity index (χ3n) is 3.42. The topological polar surface area (TPSA) is 52.9 Å². The Morgan fingerprint density at radius 3 is 3.00 bits per heavy atom. The van der Waals surface area contributed by atoms with Crippen molar-refractivity contribution in [1.82, 2.24) is 0 Å². The Balaban J connectivity index is 1.93. The van der Waals surface area contributed by atoms with E-state index in [9.17, 15) is 9.18 Å². The van der Waals surface area contributed by atoms with Crippen LogP contribution in [-0.4, -0.2) is 12.8 Å². The van der Waals surface area contributed by atoms with Crippen LogP contribution in [0.1, 0.15) is 24.0 Å². The summed E-state index contributed by atoms with van der Waals surface area (Å²) in [5.41, 5.74) is 1.63. The van der Waals surface area contributed by atoms with Gasteiger partial charge in [0.2, 0.25) is 0 Å². The fourth-order valence-electron chi connectivity index (χ4n) is 2.11. The molecule has 4 heteroatoms. The van der Waals surface area contributed by atoms with Crippen LogP contribution in [0.5, 0.6) is 0 Å². The van der Waals surface area contributed by atoms with Crippen molar-refractivity contribution in [2.24, 2.45) is 11.8 Å². The molecule has 0 heterocycles. The van der Waals surface area contributed by atoms with E-state index in [2.05, 4.69) is 5.32 Å². The van der Waals surface area contributed by atoms with E-state index in [1.807, 2.05) is 6.07 Å². The fraction of sp³-hybridized carbons (Fsp3) is 0.429. The minimum Gasteiger partial charge on any atom is -0.385 e.